The Morgan fingerprint density at radius 1 is 1.35 bits per heavy atom. The number of rotatable bonds is 5. The molecule has 0 fully saturated rings. The van der Waals surface area contributed by atoms with E-state index in [1.807, 2.05) is 18.0 Å². The molecule has 3 nitrogen and oxygen atoms in total. The lowest BCUT2D eigenvalue weighted by molar-refractivity contribution is 0.479. The van der Waals surface area contributed by atoms with Crippen LogP contribution in [-0.4, -0.2) is 21.6 Å². The summed E-state index contributed by atoms with van der Waals surface area (Å²) in [6.07, 6.45) is 3.04. The highest BCUT2D eigenvalue weighted by atomic mass is 32.2. The Bertz CT molecular complexity index is 554. The first-order valence-electron chi connectivity index (χ1n) is 7.33. The van der Waals surface area contributed by atoms with Crippen molar-refractivity contribution < 1.29 is 0 Å². The van der Waals surface area contributed by atoms with Gasteiger partial charge in [0.25, 0.3) is 0 Å². The van der Waals surface area contributed by atoms with Crippen LogP contribution in [0.4, 0.5) is 0 Å². The predicted molar refractivity (Wildman–Crippen MR) is 84.1 cm³/mol. The second-order valence-corrected chi connectivity index (χ2v) is 6.36. The van der Waals surface area contributed by atoms with Crippen LogP contribution < -0.4 is 5.32 Å². The van der Waals surface area contributed by atoms with Crippen LogP contribution in [0.1, 0.15) is 31.1 Å². The van der Waals surface area contributed by atoms with Crippen LogP contribution in [0.15, 0.2) is 41.4 Å². The number of benzene rings is 1. The number of aryl methyl sites for hydroxylation is 1. The van der Waals surface area contributed by atoms with Crippen molar-refractivity contribution in [2.45, 2.75) is 43.0 Å². The first-order chi connectivity index (χ1) is 9.83. The lowest BCUT2D eigenvalue weighted by atomic mass is 10.0. The summed E-state index contributed by atoms with van der Waals surface area (Å²) < 4.78 is 2.11. The van der Waals surface area contributed by atoms with Gasteiger partial charge >= 0.3 is 0 Å². The number of fused-ring (bicyclic) bond motifs is 1. The summed E-state index contributed by atoms with van der Waals surface area (Å²) in [7, 11) is 0. The van der Waals surface area contributed by atoms with Gasteiger partial charge < -0.3 is 5.32 Å². The second-order valence-electron chi connectivity index (χ2n) is 5.08. The second kappa shape index (κ2) is 6.02. The van der Waals surface area contributed by atoms with Crippen LogP contribution in [0.2, 0.25) is 0 Å². The summed E-state index contributed by atoms with van der Waals surface area (Å²) in [5.74, 6) is 0. The molecule has 2 aromatic rings. The maximum atomic E-state index is 4.43. The topological polar surface area (TPSA) is 29.9 Å². The molecule has 3 rings (SSSR count). The normalized spacial score (nSPS) is 19.0. The van der Waals surface area contributed by atoms with Crippen LogP contribution in [0.5, 0.6) is 0 Å². The van der Waals surface area contributed by atoms with Crippen molar-refractivity contribution in [2.24, 2.45) is 0 Å². The number of nitrogens with one attached hydrogen (secondary N) is 1. The van der Waals surface area contributed by atoms with Gasteiger partial charge in [-0.1, -0.05) is 25.1 Å². The van der Waals surface area contributed by atoms with Gasteiger partial charge in [0.15, 0.2) is 0 Å². The van der Waals surface area contributed by atoms with Crippen molar-refractivity contribution in [3.05, 3.63) is 47.8 Å². The zero-order valence-electron chi connectivity index (χ0n) is 12.0. The van der Waals surface area contributed by atoms with Gasteiger partial charge in [0.2, 0.25) is 0 Å². The molecular formula is C16H21N3S. The minimum Gasteiger partial charge on any atom is -0.308 e. The molecule has 0 bridgehead atoms. The van der Waals surface area contributed by atoms with Gasteiger partial charge in [-0.2, -0.15) is 5.10 Å². The quantitative estimate of drug-likeness (QED) is 0.915. The Morgan fingerprint density at radius 3 is 2.95 bits per heavy atom. The van der Waals surface area contributed by atoms with E-state index in [2.05, 4.69) is 59.3 Å². The summed E-state index contributed by atoms with van der Waals surface area (Å²) in [6, 6.07) is 11.3. The smallest absolute Gasteiger partial charge is 0.0619 e. The van der Waals surface area contributed by atoms with Gasteiger partial charge in [0, 0.05) is 22.9 Å². The van der Waals surface area contributed by atoms with Gasteiger partial charge in [-0.15, -0.1) is 11.8 Å². The molecule has 1 N–H and O–H groups in total. The van der Waals surface area contributed by atoms with E-state index in [0.717, 1.165) is 19.5 Å². The molecule has 1 aromatic carbocycles. The summed E-state index contributed by atoms with van der Waals surface area (Å²) in [4.78, 5) is 1.43. The van der Waals surface area contributed by atoms with E-state index in [1.54, 1.807) is 0 Å². The lowest BCUT2D eigenvalue weighted by Crippen LogP contribution is -2.32. The Balaban J connectivity index is 1.86. The highest BCUT2D eigenvalue weighted by Crippen LogP contribution is 2.42. The third-order valence-electron chi connectivity index (χ3n) is 3.84. The largest absolute Gasteiger partial charge is 0.308 e. The van der Waals surface area contributed by atoms with E-state index in [-0.39, 0.29) is 0 Å². The van der Waals surface area contributed by atoms with Crippen LogP contribution in [0.25, 0.3) is 0 Å². The highest BCUT2D eigenvalue weighted by Gasteiger charge is 2.31. The number of aromatic nitrogens is 2. The molecule has 1 aliphatic rings. The van der Waals surface area contributed by atoms with Crippen molar-refractivity contribution >= 4 is 11.8 Å². The Morgan fingerprint density at radius 2 is 2.20 bits per heavy atom. The standard InChI is InChI=1S/C16H21N3S/c1-3-17-16(13-9-10-18-19(13)4-2)15-11-12-7-5-6-8-14(12)20-15/h5-10,15-17H,3-4,11H2,1-2H3. The number of nitrogens with zero attached hydrogens (tertiary/aromatic N) is 2. The third kappa shape index (κ3) is 2.50. The summed E-state index contributed by atoms with van der Waals surface area (Å²) in [5.41, 5.74) is 2.78. The van der Waals surface area contributed by atoms with Gasteiger partial charge in [-0.3, -0.25) is 4.68 Å². The predicted octanol–water partition coefficient (Wildman–Crippen LogP) is 3.27. The number of hydrogen-bond acceptors (Lipinski definition) is 3. The van der Waals surface area contributed by atoms with E-state index in [1.165, 1.54) is 16.2 Å². The molecular weight excluding hydrogens is 266 g/mol. The molecule has 0 saturated heterocycles. The van der Waals surface area contributed by atoms with Crippen molar-refractivity contribution in [3.8, 4) is 0 Å². The average molecular weight is 287 g/mol. The third-order valence-corrected chi connectivity index (χ3v) is 5.23. The Hall–Kier alpha value is -1.26. The molecule has 0 radical (unpaired) electrons. The average Bonchev–Trinajstić information content (AvgIpc) is 3.10. The SMILES string of the molecule is CCNC(c1ccnn1CC)C1Cc2ccccc2S1. The monoisotopic (exact) mass is 287 g/mol. The van der Waals surface area contributed by atoms with Gasteiger partial charge in [0.05, 0.1) is 11.7 Å². The minimum absolute atomic E-state index is 0.361. The van der Waals surface area contributed by atoms with Gasteiger partial charge in [0.1, 0.15) is 0 Å². The molecule has 0 saturated carbocycles. The Kier molecular flexibility index (Phi) is 4.13. The molecule has 2 atom stereocenters. The lowest BCUT2D eigenvalue weighted by Gasteiger charge is -2.24. The van der Waals surface area contributed by atoms with E-state index in [4.69, 9.17) is 0 Å². The van der Waals surface area contributed by atoms with E-state index in [0.29, 0.717) is 11.3 Å². The number of hydrogen-bond donors (Lipinski definition) is 1. The van der Waals surface area contributed by atoms with Crippen LogP contribution in [-0.2, 0) is 13.0 Å². The molecule has 2 heterocycles. The fraction of sp³-hybridized carbons (Fsp3) is 0.438. The minimum atomic E-state index is 0.361. The maximum Gasteiger partial charge on any atom is 0.0619 e. The van der Waals surface area contributed by atoms with E-state index < -0.39 is 0 Å². The van der Waals surface area contributed by atoms with E-state index in [9.17, 15) is 0 Å². The summed E-state index contributed by atoms with van der Waals surface area (Å²) in [5, 5.41) is 8.63. The molecule has 20 heavy (non-hydrogen) atoms. The summed E-state index contributed by atoms with van der Waals surface area (Å²) >= 11 is 2.00. The first-order valence-corrected chi connectivity index (χ1v) is 8.21. The molecule has 0 amide bonds. The van der Waals surface area contributed by atoms with Crippen molar-refractivity contribution in [1.29, 1.82) is 0 Å². The molecule has 4 heteroatoms. The van der Waals surface area contributed by atoms with Crippen molar-refractivity contribution in [1.82, 2.24) is 15.1 Å². The van der Waals surface area contributed by atoms with Gasteiger partial charge in [-0.25, -0.2) is 0 Å². The fourth-order valence-corrected chi connectivity index (χ4v) is 4.33. The molecule has 106 valence electrons. The van der Waals surface area contributed by atoms with Gasteiger partial charge in [-0.05, 0) is 37.6 Å². The van der Waals surface area contributed by atoms with Crippen molar-refractivity contribution in [3.63, 3.8) is 0 Å². The van der Waals surface area contributed by atoms with Crippen molar-refractivity contribution in [2.75, 3.05) is 6.54 Å². The van der Waals surface area contributed by atoms with Crippen LogP contribution >= 0.6 is 11.8 Å². The molecule has 2 unspecified atom stereocenters. The van der Waals surface area contributed by atoms with E-state index >= 15 is 0 Å². The maximum absolute atomic E-state index is 4.43. The highest BCUT2D eigenvalue weighted by molar-refractivity contribution is 8.00. The van der Waals surface area contributed by atoms with Crippen LogP contribution in [0.3, 0.4) is 0 Å². The Labute approximate surface area is 124 Å². The number of thioether (sulfide) groups is 1. The summed E-state index contributed by atoms with van der Waals surface area (Å²) in [6.45, 7) is 6.23. The van der Waals surface area contributed by atoms with Crippen LogP contribution in [0, 0.1) is 0 Å². The fourth-order valence-electron chi connectivity index (χ4n) is 2.91. The molecule has 1 aromatic heterocycles. The zero-order chi connectivity index (χ0) is 13.9. The molecule has 0 aliphatic carbocycles. The zero-order valence-corrected chi connectivity index (χ0v) is 12.9. The first kappa shape index (κ1) is 13.7. The molecule has 0 spiro atoms. The molecule has 1 aliphatic heterocycles.